The molecule has 1 N–H and O–H groups in total. The van der Waals surface area contributed by atoms with E-state index in [0.717, 1.165) is 11.3 Å². The van der Waals surface area contributed by atoms with E-state index in [1.165, 1.54) is 30.0 Å². The van der Waals surface area contributed by atoms with Gasteiger partial charge in [-0.05, 0) is 11.6 Å². The molecule has 0 spiro atoms. The predicted octanol–water partition coefficient (Wildman–Crippen LogP) is 0.152. The molecule has 3 rings (SSSR count). The van der Waals surface area contributed by atoms with Crippen LogP contribution in [-0.2, 0) is 20.0 Å². The number of fused-ring (bicyclic) bond motifs is 1. The maximum atomic E-state index is 12.9. The molecular formula is C17H16N4O4. The number of hydrogen-bond acceptors (Lipinski definition) is 5. The molecule has 8 heteroatoms. The number of pyridine rings is 2. The summed E-state index contributed by atoms with van der Waals surface area (Å²) in [5.41, 5.74) is 1.10. The van der Waals surface area contributed by atoms with E-state index in [4.69, 9.17) is 10.00 Å². The lowest BCUT2D eigenvalue weighted by atomic mass is 10.0. The van der Waals surface area contributed by atoms with Crippen molar-refractivity contribution in [2.24, 2.45) is 7.05 Å². The van der Waals surface area contributed by atoms with Crippen molar-refractivity contribution >= 4 is 5.91 Å². The Balaban J connectivity index is 1.96. The average molecular weight is 340 g/mol. The summed E-state index contributed by atoms with van der Waals surface area (Å²) in [6.07, 6.45) is 1.93. The summed E-state index contributed by atoms with van der Waals surface area (Å²) in [7, 11) is 2.97. The van der Waals surface area contributed by atoms with E-state index in [9.17, 15) is 14.4 Å². The third kappa shape index (κ3) is 2.92. The van der Waals surface area contributed by atoms with Gasteiger partial charge in [0.25, 0.3) is 17.0 Å². The van der Waals surface area contributed by atoms with Gasteiger partial charge < -0.3 is 19.2 Å². The standard InChI is InChI=1S/C17H16N4O4/c1-20-9-12(14(25-2)6-15(20)22)17(24)21-4-3-13-11(8-21)5-10(7-18)16(23)19-13/h5-6,9H,3-4,8H2,1-2H3,(H,19,23). The Labute approximate surface area is 142 Å². The Bertz CT molecular complexity index is 1010. The minimum atomic E-state index is -0.416. The van der Waals surface area contributed by atoms with Gasteiger partial charge in [0.1, 0.15) is 17.4 Å². The van der Waals surface area contributed by atoms with Crippen LogP contribution in [0.5, 0.6) is 5.75 Å². The number of H-pyrrole nitrogens is 1. The third-order valence-electron chi connectivity index (χ3n) is 4.26. The van der Waals surface area contributed by atoms with Crippen LogP contribution >= 0.6 is 0 Å². The van der Waals surface area contributed by atoms with Gasteiger partial charge in [-0.1, -0.05) is 0 Å². The van der Waals surface area contributed by atoms with Crippen LogP contribution in [0.1, 0.15) is 27.2 Å². The summed E-state index contributed by atoms with van der Waals surface area (Å²) in [6, 6.07) is 4.64. The van der Waals surface area contributed by atoms with E-state index in [1.807, 2.05) is 6.07 Å². The number of rotatable bonds is 2. The third-order valence-corrected chi connectivity index (χ3v) is 4.26. The lowest BCUT2D eigenvalue weighted by Gasteiger charge is -2.29. The number of hydrogen-bond donors (Lipinski definition) is 1. The summed E-state index contributed by atoms with van der Waals surface area (Å²) < 4.78 is 6.48. The monoisotopic (exact) mass is 340 g/mol. The molecule has 1 aliphatic rings. The van der Waals surface area contributed by atoms with Crippen molar-refractivity contribution in [2.45, 2.75) is 13.0 Å². The van der Waals surface area contributed by atoms with Gasteiger partial charge >= 0.3 is 0 Å². The number of carbonyl (C=O) groups excluding carboxylic acids is 1. The van der Waals surface area contributed by atoms with Gasteiger partial charge in [0.2, 0.25) is 0 Å². The molecular weight excluding hydrogens is 324 g/mol. The molecule has 0 fully saturated rings. The number of aromatic nitrogens is 2. The second-order valence-corrected chi connectivity index (χ2v) is 5.81. The van der Waals surface area contributed by atoms with Crippen LogP contribution in [0.15, 0.2) is 27.9 Å². The second kappa shape index (κ2) is 6.28. The van der Waals surface area contributed by atoms with Crippen molar-refractivity contribution in [3.8, 4) is 11.8 Å². The Morgan fingerprint density at radius 1 is 1.36 bits per heavy atom. The molecule has 25 heavy (non-hydrogen) atoms. The van der Waals surface area contributed by atoms with Gasteiger partial charge in [-0.3, -0.25) is 14.4 Å². The fourth-order valence-corrected chi connectivity index (χ4v) is 2.88. The first-order valence-electron chi connectivity index (χ1n) is 7.63. The number of methoxy groups -OCH3 is 1. The molecule has 0 atom stereocenters. The highest BCUT2D eigenvalue weighted by Gasteiger charge is 2.26. The fourth-order valence-electron chi connectivity index (χ4n) is 2.88. The van der Waals surface area contributed by atoms with E-state index in [0.29, 0.717) is 13.0 Å². The van der Waals surface area contributed by atoms with Crippen molar-refractivity contribution in [2.75, 3.05) is 13.7 Å². The van der Waals surface area contributed by atoms with E-state index >= 15 is 0 Å². The molecule has 0 radical (unpaired) electrons. The van der Waals surface area contributed by atoms with Gasteiger partial charge in [0, 0.05) is 44.5 Å². The Morgan fingerprint density at radius 2 is 2.12 bits per heavy atom. The van der Waals surface area contributed by atoms with Crippen LogP contribution in [0.2, 0.25) is 0 Å². The maximum absolute atomic E-state index is 12.9. The van der Waals surface area contributed by atoms with E-state index in [2.05, 4.69) is 4.98 Å². The van der Waals surface area contributed by atoms with Crippen LogP contribution in [0, 0.1) is 11.3 Å². The first-order chi connectivity index (χ1) is 11.9. The molecule has 0 saturated carbocycles. The van der Waals surface area contributed by atoms with Crippen molar-refractivity contribution in [1.82, 2.24) is 14.5 Å². The van der Waals surface area contributed by atoms with Gasteiger partial charge in [-0.2, -0.15) is 5.26 Å². The summed E-state index contributed by atoms with van der Waals surface area (Å²) in [5.74, 6) is -0.0547. The normalized spacial score (nSPS) is 13.1. The summed E-state index contributed by atoms with van der Waals surface area (Å²) >= 11 is 0. The number of amides is 1. The zero-order chi connectivity index (χ0) is 18.1. The quantitative estimate of drug-likeness (QED) is 0.837. The number of aromatic amines is 1. The molecule has 1 amide bonds. The molecule has 1 aliphatic heterocycles. The summed E-state index contributed by atoms with van der Waals surface area (Å²) in [4.78, 5) is 40.6. The number of carbonyl (C=O) groups is 1. The molecule has 3 heterocycles. The van der Waals surface area contributed by atoms with Crippen LogP contribution in [0.3, 0.4) is 0 Å². The molecule has 0 unspecified atom stereocenters. The fraction of sp³-hybridized carbons (Fsp3) is 0.294. The molecule has 0 aromatic carbocycles. The van der Waals surface area contributed by atoms with Crippen LogP contribution < -0.4 is 15.9 Å². The maximum Gasteiger partial charge on any atom is 0.266 e. The molecule has 0 bridgehead atoms. The zero-order valence-corrected chi connectivity index (χ0v) is 13.8. The lowest BCUT2D eigenvalue weighted by Crippen LogP contribution is -2.38. The van der Waals surface area contributed by atoms with Crippen LogP contribution in [0.4, 0.5) is 0 Å². The Hall–Kier alpha value is -3.34. The average Bonchev–Trinajstić information content (AvgIpc) is 2.62. The Morgan fingerprint density at radius 3 is 2.80 bits per heavy atom. The molecule has 0 saturated heterocycles. The lowest BCUT2D eigenvalue weighted by molar-refractivity contribution is 0.0729. The van der Waals surface area contributed by atoms with E-state index in [1.54, 1.807) is 11.9 Å². The minimum absolute atomic E-state index is 0.0211. The number of nitriles is 1. The van der Waals surface area contributed by atoms with Gasteiger partial charge in [0.05, 0.1) is 12.7 Å². The highest BCUT2D eigenvalue weighted by atomic mass is 16.5. The first kappa shape index (κ1) is 16.5. The Kier molecular flexibility index (Phi) is 4.15. The molecule has 0 aliphatic carbocycles. The van der Waals surface area contributed by atoms with Crippen molar-refractivity contribution in [3.05, 3.63) is 61.4 Å². The number of aryl methyl sites for hydroxylation is 1. The van der Waals surface area contributed by atoms with Gasteiger partial charge in [-0.25, -0.2) is 0 Å². The highest BCUT2D eigenvalue weighted by molar-refractivity contribution is 5.96. The molecule has 2 aromatic heterocycles. The molecule has 2 aromatic rings. The molecule has 128 valence electrons. The largest absolute Gasteiger partial charge is 0.496 e. The number of ether oxygens (including phenoxy) is 1. The predicted molar refractivity (Wildman–Crippen MR) is 88.5 cm³/mol. The van der Waals surface area contributed by atoms with Crippen LogP contribution in [-0.4, -0.2) is 34.0 Å². The number of nitrogens with zero attached hydrogens (tertiary/aromatic N) is 3. The number of nitrogens with one attached hydrogen (secondary N) is 1. The van der Waals surface area contributed by atoms with Crippen molar-refractivity contribution in [1.29, 1.82) is 5.26 Å². The van der Waals surface area contributed by atoms with Crippen LogP contribution in [0.25, 0.3) is 0 Å². The van der Waals surface area contributed by atoms with Crippen molar-refractivity contribution < 1.29 is 9.53 Å². The van der Waals surface area contributed by atoms with Gasteiger partial charge in [-0.15, -0.1) is 0 Å². The molecule has 8 nitrogen and oxygen atoms in total. The van der Waals surface area contributed by atoms with Crippen molar-refractivity contribution in [3.63, 3.8) is 0 Å². The minimum Gasteiger partial charge on any atom is -0.496 e. The first-order valence-corrected chi connectivity index (χ1v) is 7.63. The van der Waals surface area contributed by atoms with E-state index < -0.39 is 5.56 Å². The van der Waals surface area contributed by atoms with E-state index in [-0.39, 0.29) is 34.9 Å². The van der Waals surface area contributed by atoms with Gasteiger partial charge in [0.15, 0.2) is 0 Å². The smallest absolute Gasteiger partial charge is 0.266 e. The second-order valence-electron chi connectivity index (χ2n) is 5.81. The topological polar surface area (TPSA) is 108 Å². The highest BCUT2D eigenvalue weighted by Crippen LogP contribution is 2.22. The zero-order valence-electron chi connectivity index (χ0n) is 13.8. The summed E-state index contributed by atoms with van der Waals surface area (Å²) in [6.45, 7) is 0.686. The summed E-state index contributed by atoms with van der Waals surface area (Å²) in [5, 5.41) is 9.00. The SMILES string of the molecule is COc1cc(=O)n(C)cc1C(=O)N1CCc2[nH]c(=O)c(C#N)cc2C1.